The Morgan fingerprint density at radius 1 is 1.40 bits per heavy atom. The number of rotatable bonds is 3. The van der Waals surface area contributed by atoms with Gasteiger partial charge in [0, 0.05) is 23.6 Å². The van der Waals surface area contributed by atoms with Gasteiger partial charge in [-0.05, 0) is 37.5 Å². The SMILES string of the molecule is COc1ccc(NC(N)=NC2C3CCOC3C23CCCC3)cc1Cl.I. The van der Waals surface area contributed by atoms with Gasteiger partial charge in [0.25, 0.3) is 0 Å². The van der Waals surface area contributed by atoms with Crippen LogP contribution in [0.25, 0.3) is 0 Å². The number of nitrogens with two attached hydrogens (primary N) is 1. The number of hydrogen-bond acceptors (Lipinski definition) is 3. The van der Waals surface area contributed by atoms with E-state index in [9.17, 15) is 0 Å². The van der Waals surface area contributed by atoms with E-state index in [4.69, 9.17) is 31.8 Å². The lowest BCUT2D eigenvalue weighted by molar-refractivity contribution is -0.117. The van der Waals surface area contributed by atoms with Crippen molar-refractivity contribution in [2.75, 3.05) is 19.0 Å². The molecule has 0 bridgehead atoms. The molecule has 7 heteroatoms. The standard InChI is InChI=1S/C18H24ClN3O2.HI/c1-23-14-5-4-11(10-13(14)19)21-17(20)22-15-12-6-9-24-16(12)18(15)7-2-3-8-18;/h4-5,10,12,15-16H,2-3,6-9H2,1H3,(H3,20,21,22);1H. The van der Waals surface area contributed by atoms with Crippen molar-refractivity contribution >= 4 is 47.2 Å². The Labute approximate surface area is 170 Å². The van der Waals surface area contributed by atoms with Crippen LogP contribution in [0.3, 0.4) is 0 Å². The summed E-state index contributed by atoms with van der Waals surface area (Å²) in [5.74, 6) is 1.63. The lowest BCUT2D eigenvalue weighted by Gasteiger charge is -2.54. The van der Waals surface area contributed by atoms with Crippen LogP contribution in [-0.2, 0) is 4.74 Å². The zero-order chi connectivity index (χ0) is 16.7. The maximum Gasteiger partial charge on any atom is 0.193 e. The molecular formula is C18H25ClIN3O2. The van der Waals surface area contributed by atoms with Crippen LogP contribution in [0.15, 0.2) is 23.2 Å². The third-order valence-electron chi connectivity index (χ3n) is 5.94. The minimum Gasteiger partial charge on any atom is -0.495 e. The summed E-state index contributed by atoms with van der Waals surface area (Å²) in [6.07, 6.45) is 6.48. The third kappa shape index (κ3) is 3.21. The van der Waals surface area contributed by atoms with Crippen molar-refractivity contribution in [1.82, 2.24) is 0 Å². The summed E-state index contributed by atoms with van der Waals surface area (Å²) in [6, 6.07) is 5.80. The van der Waals surface area contributed by atoms with E-state index in [1.165, 1.54) is 25.7 Å². The molecule has 2 saturated carbocycles. The Hall–Kier alpha value is -0.730. The lowest BCUT2D eigenvalue weighted by atomic mass is 9.54. The molecule has 3 unspecified atom stereocenters. The van der Waals surface area contributed by atoms with Crippen molar-refractivity contribution in [2.45, 2.75) is 44.2 Å². The molecular weight excluding hydrogens is 453 g/mol. The number of hydrogen-bond donors (Lipinski definition) is 2. The summed E-state index contributed by atoms with van der Waals surface area (Å²) in [6.45, 7) is 0.866. The van der Waals surface area contributed by atoms with Crippen LogP contribution in [0.2, 0.25) is 5.02 Å². The lowest BCUT2D eigenvalue weighted by Crippen LogP contribution is -2.61. The Morgan fingerprint density at radius 3 is 2.84 bits per heavy atom. The fraction of sp³-hybridized carbons (Fsp3) is 0.611. The number of ether oxygens (including phenoxy) is 2. The monoisotopic (exact) mass is 477 g/mol. The predicted molar refractivity (Wildman–Crippen MR) is 111 cm³/mol. The van der Waals surface area contributed by atoms with Crippen LogP contribution < -0.4 is 15.8 Å². The molecule has 138 valence electrons. The van der Waals surface area contributed by atoms with Gasteiger partial charge in [0.05, 0.1) is 24.3 Å². The highest BCUT2D eigenvalue weighted by Crippen LogP contribution is 2.62. The number of benzene rings is 1. The molecule has 1 spiro atoms. The van der Waals surface area contributed by atoms with Gasteiger partial charge in [0.1, 0.15) is 5.75 Å². The number of anilines is 1. The summed E-state index contributed by atoms with van der Waals surface area (Å²) in [7, 11) is 1.60. The zero-order valence-electron chi connectivity index (χ0n) is 14.3. The second kappa shape index (κ2) is 7.48. The fourth-order valence-electron chi connectivity index (χ4n) is 4.91. The van der Waals surface area contributed by atoms with Gasteiger partial charge in [-0.3, -0.25) is 0 Å². The molecule has 1 aromatic rings. The van der Waals surface area contributed by atoms with Gasteiger partial charge in [0.15, 0.2) is 5.96 Å². The molecule has 25 heavy (non-hydrogen) atoms. The maximum atomic E-state index is 6.19. The topological polar surface area (TPSA) is 68.9 Å². The molecule has 3 N–H and O–H groups in total. The zero-order valence-corrected chi connectivity index (χ0v) is 17.4. The minimum absolute atomic E-state index is 0. The van der Waals surface area contributed by atoms with E-state index < -0.39 is 0 Å². The first kappa shape index (κ1) is 19.0. The fourth-order valence-corrected chi connectivity index (χ4v) is 5.17. The number of guanidine groups is 1. The molecule has 0 radical (unpaired) electrons. The molecule has 5 nitrogen and oxygen atoms in total. The van der Waals surface area contributed by atoms with Gasteiger partial charge in [-0.15, -0.1) is 24.0 Å². The predicted octanol–water partition coefficient (Wildman–Crippen LogP) is 4.04. The van der Waals surface area contributed by atoms with Crippen LogP contribution >= 0.6 is 35.6 Å². The minimum atomic E-state index is 0. The molecule has 3 aliphatic rings. The average Bonchev–Trinajstić information content (AvgIpc) is 3.21. The highest BCUT2D eigenvalue weighted by atomic mass is 127. The second-order valence-corrected chi connectivity index (χ2v) is 7.52. The summed E-state index contributed by atoms with van der Waals surface area (Å²) in [5.41, 5.74) is 7.24. The van der Waals surface area contributed by atoms with E-state index >= 15 is 0 Å². The number of aliphatic imine (C=N–C) groups is 1. The molecule has 4 rings (SSSR count). The average molecular weight is 478 g/mol. The highest BCUT2D eigenvalue weighted by Gasteiger charge is 2.65. The van der Waals surface area contributed by atoms with E-state index in [0.717, 1.165) is 18.7 Å². The summed E-state index contributed by atoms with van der Waals surface area (Å²) < 4.78 is 11.2. The van der Waals surface area contributed by atoms with Crippen LogP contribution in [0.5, 0.6) is 5.75 Å². The summed E-state index contributed by atoms with van der Waals surface area (Å²) in [4.78, 5) is 4.86. The van der Waals surface area contributed by atoms with Crippen LogP contribution in [-0.4, -0.2) is 31.8 Å². The Balaban J connectivity index is 0.00000182. The van der Waals surface area contributed by atoms with E-state index in [0.29, 0.717) is 28.8 Å². The Bertz CT molecular complexity index is 664. The maximum absolute atomic E-state index is 6.19. The molecule has 1 saturated heterocycles. The Kier molecular flexibility index (Phi) is 5.70. The van der Waals surface area contributed by atoms with Crippen molar-refractivity contribution in [3.63, 3.8) is 0 Å². The first-order valence-corrected chi connectivity index (χ1v) is 9.07. The van der Waals surface area contributed by atoms with E-state index in [2.05, 4.69) is 5.32 Å². The first-order valence-electron chi connectivity index (χ1n) is 8.69. The number of fused-ring (bicyclic) bond motifs is 2. The molecule has 0 amide bonds. The molecule has 1 heterocycles. The van der Waals surface area contributed by atoms with Crippen molar-refractivity contribution in [1.29, 1.82) is 0 Å². The molecule has 2 aliphatic carbocycles. The van der Waals surface area contributed by atoms with E-state index in [-0.39, 0.29) is 35.4 Å². The number of nitrogens with zero attached hydrogens (tertiary/aromatic N) is 1. The third-order valence-corrected chi connectivity index (χ3v) is 6.23. The van der Waals surface area contributed by atoms with Gasteiger partial charge in [0.2, 0.25) is 0 Å². The quantitative estimate of drug-likeness (QED) is 0.392. The van der Waals surface area contributed by atoms with E-state index in [1.807, 2.05) is 12.1 Å². The molecule has 3 atom stereocenters. The number of halogens is 2. The first-order chi connectivity index (χ1) is 11.6. The number of methoxy groups -OCH3 is 1. The highest BCUT2D eigenvalue weighted by molar-refractivity contribution is 14.0. The van der Waals surface area contributed by atoms with Crippen molar-refractivity contribution in [2.24, 2.45) is 22.1 Å². The number of nitrogens with one attached hydrogen (secondary N) is 1. The van der Waals surface area contributed by atoms with E-state index in [1.54, 1.807) is 13.2 Å². The van der Waals surface area contributed by atoms with Crippen LogP contribution in [0.4, 0.5) is 5.69 Å². The smallest absolute Gasteiger partial charge is 0.193 e. The normalized spacial score (nSPS) is 29.7. The van der Waals surface area contributed by atoms with Gasteiger partial charge in [-0.25, -0.2) is 4.99 Å². The molecule has 3 fully saturated rings. The second-order valence-electron chi connectivity index (χ2n) is 7.12. The van der Waals surface area contributed by atoms with Crippen LogP contribution in [0, 0.1) is 11.3 Å². The van der Waals surface area contributed by atoms with Crippen LogP contribution in [0.1, 0.15) is 32.1 Å². The van der Waals surface area contributed by atoms with Gasteiger partial charge in [-0.1, -0.05) is 24.4 Å². The van der Waals surface area contributed by atoms with Crippen molar-refractivity contribution in [3.8, 4) is 5.75 Å². The molecule has 1 aliphatic heterocycles. The summed E-state index contributed by atoms with van der Waals surface area (Å²) in [5, 5.41) is 3.72. The van der Waals surface area contributed by atoms with Gasteiger partial charge in [-0.2, -0.15) is 0 Å². The largest absolute Gasteiger partial charge is 0.495 e. The summed E-state index contributed by atoms with van der Waals surface area (Å²) >= 11 is 6.17. The molecule has 0 aromatic heterocycles. The van der Waals surface area contributed by atoms with Crippen molar-refractivity contribution < 1.29 is 9.47 Å². The van der Waals surface area contributed by atoms with Gasteiger partial charge < -0.3 is 20.5 Å². The van der Waals surface area contributed by atoms with Crippen molar-refractivity contribution in [3.05, 3.63) is 23.2 Å². The Morgan fingerprint density at radius 2 is 2.16 bits per heavy atom. The van der Waals surface area contributed by atoms with Gasteiger partial charge >= 0.3 is 0 Å². The molecule has 1 aromatic carbocycles.